The first-order valence-electron chi connectivity index (χ1n) is 9.00. The number of benzene rings is 3. The molecule has 0 saturated heterocycles. The van der Waals surface area contributed by atoms with E-state index >= 15 is 0 Å². The Morgan fingerprint density at radius 3 is 2.55 bits per heavy atom. The highest BCUT2D eigenvalue weighted by Crippen LogP contribution is 2.27. The predicted octanol–water partition coefficient (Wildman–Crippen LogP) is 5.35. The molecule has 6 heteroatoms. The van der Waals surface area contributed by atoms with Gasteiger partial charge in [-0.1, -0.05) is 54.1 Å². The summed E-state index contributed by atoms with van der Waals surface area (Å²) in [6, 6.07) is 23.9. The SMILES string of the molecule is O=c1c2ccccc2nc(-c2cc3ccccc3o2)n1N=Cc1ccc(Cl)cc1. The van der Waals surface area contributed by atoms with Crippen molar-refractivity contribution in [1.29, 1.82) is 0 Å². The third-order valence-electron chi connectivity index (χ3n) is 4.59. The van der Waals surface area contributed by atoms with Gasteiger partial charge in [0.05, 0.1) is 17.1 Å². The van der Waals surface area contributed by atoms with E-state index in [1.165, 1.54) is 4.68 Å². The minimum absolute atomic E-state index is 0.267. The van der Waals surface area contributed by atoms with Gasteiger partial charge in [0, 0.05) is 10.4 Å². The molecule has 0 radical (unpaired) electrons. The van der Waals surface area contributed by atoms with E-state index in [1.807, 2.05) is 48.5 Å². The fourth-order valence-corrected chi connectivity index (χ4v) is 3.28. The Bertz CT molecular complexity index is 1400. The zero-order valence-electron chi connectivity index (χ0n) is 15.1. The monoisotopic (exact) mass is 399 g/mol. The Kier molecular flexibility index (Phi) is 4.22. The Labute approximate surface area is 170 Å². The van der Waals surface area contributed by atoms with E-state index in [0.29, 0.717) is 27.5 Å². The average molecular weight is 400 g/mol. The highest BCUT2D eigenvalue weighted by molar-refractivity contribution is 6.30. The van der Waals surface area contributed by atoms with Gasteiger partial charge in [-0.3, -0.25) is 4.79 Å². The van der Waals surface area contributed by atoms with E-state index in [4.69, 9.17) is 16.0 Å². The molecule has 29 heavy (non-hydrogen) atoms. The highest BCUT2D eigenvalue weighted by Gasteiger charge is 2.16. The van der Waals surface area contributed by atoms with Gasteiger partial charge in [-0.2, -0.15) is 9.78 Å². The van der Waals surface area contributed by atoms with Crippen LogP contribution in [0.5, 0.6) is 0 Å². The number of aromatic nitrogens is 2. The molecule has 0 amide bonds. The third-order valence-corrected chi connectivity index (χ3v) is 4.84. The second kappa shape index (κ2) is 7.04. The van der Waals surface area contributed by atoms with E-state index in [2.05, 4.69) is 10.1 Å². The summed E-state index contributed by atoms with van der Waals surface area (Å²) in [5, 5.41) is 6.47. The van der Waals surface area contributed by atoms with Crippen LogP contribution >= 0.6 is 11.6 Å². The topological polar surface area (TPSA) is 60.4 Å². The van der Waals surface area contributed by atoms with E-state index in [-0.39, 0.29) is 5.56 Å². The standard InChI is InChI=1S/C23H14ClN3O2/c24-17-11-9-15(10-12-17)14-25-27-22(21-13-16-5-1-4-8-20(16)29-21)26-19-7-3-2-6-18(19)23(27)28/h1-14H. The van der Waals surface area contributed by atoms with Crippen molar-refractivity contribution < 1.29 is 4.42 Å². The molecule has 0 N–H and O–H groups in total. The molecular formula is C23H14ClN3O2. The fraction of sp³-hybridized carbons (Fsp3) is 0. The molecule has 0 unspecified atom stereocenters. The molecule has 0 aliphatic carbocycles. The molecule has 5 nitrogen and oxygen atoms in total. The van der Waals surface area contributed by atoms with E-state index in [1.54, 1.807) is 36.5 Å². The van der Waals surface area contributed by atoms with Gasteiger partial charge < -0.3 is 4.42 Å². The predicted molar refractivity (Wildman–Crippen MR) is 116 cm³/mol. The van der Waals surface area contributed by atoms with E-state index < -0.39 is 0 Å². The van der Waals surface area contributed by atoms with Crippen molar-refractivity contribution in [2.45, 2.75) is 0 Å². The lowest BCUT2D eigenvalue weighted by molar-refractivity contribution is 0.616. The van der Waals surface area contributed by atoms with Crippen LogP contribution < -0.4 is 5.56 Å². The van der Waals surface area contributed by atoms with Crippen molar-refractivity contribution in [3.8, 4) is 11.6 Å². The summed E-state index contributed by atoms with van der Waals surface area (Å²) < 4.78 is 7.23. The second-order valence-corrected chi connectivity index (χ2v) is 6.95. The Hall–Kier alpha value is -3.70. The number of halogens is 1. The maximum atomic E-state index is 13.2. The lowest BCUT2D eigenvalue weighted by Gasteiger charge is -2.07. The van der Waals surface area contributed by atoms with Crippen LogP contribution in [0.4, 0.5) is 0 Å². The van der Waals surface area contributed by atoms with E-state index in [0.717, 1.165) is 16.5 Å². The summed E-state index contributed by atoms with van der Waals surface area (Å²) in [7, 11) is 0. The van der Waals surface area contributed by atoms with Gasteiger partial charge in [0.25, 0.3) is 5.56 Å². The van der Waals surface area contributed by atoms with Gasteiger partial charge in [0.2, 0.25) is 5.82 Å². The molecule has 2 aromatic heterocycles. The van der Waals surface area contributed by atoms with Crippen LogP contribution in [-0.4, -0.2) is 15.9 Å². The largest absolute Gasteiger partial charge is 0.453 e. The Morgan fingerprint density at radius 1 is 0.966 bits per heavy atom. The first-order valence-corrected chi connectivity index (χ1v) is 9.37. The van der Waals surface area contributed by atoms with Crippen LogP contribution in [0.3, 0.4) is 0 Å². The minimum atomic E-state index is -0.267. The molecule has 2 heterocycles. The maximum Gasteiger partial charge on any atom is 0.282 e. The van der Waals surface area contributed by atoms with Crippen molar-refractivity contribution in [2.75, 3.05) is 0 Å². The summed E-state index contributed by atoms with van der Waals surface area (Å²) in [4.78, 5) is 17.8. The zero-order valence-corrected chi connectivity index (χ0v) is 15.9. The molecule has 0 aliphatic rings. The first-order chi connectivity index (χ1) is 14.2. The normalized spacial score (nSPS) is 11.6. The van der Waals surface area contributed by atoms with Crippen LogP contribution in [0.15, 0.2) is 93.2 Å². The molecule has 0 spiro atoms. The Balaban J connectivity index is 1.74. The molecule has 0 atom stereocenters. The molecule has 0 fully saturated rings. The number of fused-ring (bicyclic) bond motifs is 2. The highest BCUT2D eigenvalue weighted by atomic mass is 35.5. The van der Waals surface area contributed by atoms with Gasteiger partial charge >= 0.3 is 0 Å². The average Bonchev–Trinajstić information content (AvgIpc) is 3.18. The van der Waals surface area contributed by atoms with Gasteiger partial charge in [-0.25, -0.2) is 4.98 Å². The summed E-state index contributed by atoms with van der Waals surface area (Å²) in [5.41, 5.74) is 1.85. The number of rotatable bonds is 3. The van der Waals surface area contributed by atoms with Crippen molar-refractivity contribution in [1.82, 2.24) is 9.66 Å². The third kappa shape index (κ3) is 3.22. The molecule has 0 aliphatic heterocycles. The first kappa shape index (κ1) is 17.4. The number of furan rings is 1. The second-order valence-electron chi connectivity index (χ2n) is 6.51. The van der Waals surface area contributed by atoms with Crippen molar-refractivity contribution in [3.63, 3.8) is 0 Å². The van der Waals surface area contributed by atoms with Crippen LogP contribution in [0, 0.1) is 0 Å². The smallest absolute Gasteiger partial charge is 0.282 e. The molecule has 5 rings (SSSR count). The van der Waals surface area contributed by atoms with E-state index in [9.17, 15) is 4.79 Å². The number of nitrogens with zero attached hydrogens (tertiary/aromatic N) is 3. The van der Waals surface area contributed by atoms with Gasteiger partial charge in [-0.05, 0) is 42.0 Å². The van der Waals surface area contributed by atoms with Gasteiger partial charge in [0.1, 0.15) is 5.58 Å². The summed E-state index contributed by atoms with van der Waals surface area (Å²) in [6.45, 7) is 0. The van der Waals surface area contributed by atoms with Crippen LogP contribution in [0.2, 0.25) is 5.02 Å². The molecular weight excluding hydrogens is 386 g/mol. The molecule has 0 saturated carbocycles. The number of para-hydroxylation sites is 2. The number of hydrogen-bond acceptors (Lipinski definition) is 4. The summed E-state index contributed by atoms with van der Waals surface area (Å²) in [5.74, 6) is 0.817. The zero-order chi connectivity index (χ0) is 19.8. The lowest BCUT2D eigenvalue weighted by atomic mass is 10.2. The molecule has 3 aromatic carbocycles. The number of hydrogen-bond donors (Lipinski definition) is 0. The summed E-state index contributed by atoms with van der Waals surface area (Å²) >= 11 is 5.94. The van der Waals surface area contributed by atoms with Gasteiger partial charge in [0.15, 0.2) is 5.76 Å². The van der Waals surface area contributed by atoms with Crippen molar-refractivity contribution in [3.05, 3.63) is 99.8 Å². The Morgan fingerprint density at radius 2 is 1.72 bits per heavy atom. The molecule has 140 valence electrons. The fourth-order valence-electron chi connectivity index (χ4n) is 3.16. The van der Waals surface area contributed by atoms with Crippen molar-refractivity contribution in [2.24, 2.45) is 5.10 Å². The minimum Gasteiger partial charge on any atom is -0.453 e. The quantitative estimate of drug-likeness (QED) is 0.384. The van der Waals surface area contributed by atoms with Crippen LogP contribution in [0.25, 0.3) is 33.5 Å². The maximum absolute atomic E-state index is 13.2. The molecule has 5 aromatic rings. The van der Waals surface area contributed by atoms with Crippen LogP contribution in [-0.2, 0) is 0 Å². The lowest BCUT2D eigenvalue weighted by Crippen LogP contribution is -2.20. The summed E-state index contributed by atoms with van der Waals surface area (Å²) in [6.07, 6.45) is 1.60. The molecule has 0 bridgehead atoms. The van der Waals surface area contributed by atoms with Crippen LogP contribution in [0.1, 0.15) is 5.56 Å². The van der Waals surface area contributed by atoms with Gasteiger partial charge in [-0.15, -0.1) is 0 Å². The van der Waals surface area contributed by atoms with Crippen molar-refractivity contribution >= 4 is 39.7 Å².